The summed E-state index contributed by atoms with van der Waals surface area (Å²) in [5.41, 5.74) is 2.22. The first-order chi connectivity index (χ1) is 13.6. The van der Waals surface area contributed by atoms with Gasteiger partial charge in [0.1, 0.15) is 5.54 Å². The quantitative estimate of drug-likeness (QED) is 0.305. The van der Waals surface area contributed by atoms with Crippen LogP contribution in [-0.2, 0) is 9.53 Å². The zero-order chi connectivity index (χ0) is 19.8. The van der Waals surface area contributed by atoms with Crippen molar-refractivity contribution >= 4 is 11.7 Å². The first-order valence-corrected chi connectivity index (χ1v) is 10.3. The monoisotopic (exact) mass is 378 g/mol. The van der Waals surface area contributed by atoms with E-state index in [4.69, 9.17) is 4.74 Å². The average Bonchev–Trinajstić information content (AvgIpc) is 2.74. The van der Waals surface area contributed by atoms with E-state index in [1.54, 1.807) is 6.92 Å². The molecule has 0 radical (unpaired) electrons. The first kappa shape index (κ1) is 20.2. The van der Waals surface area contributed by atoms with Crippen molar-refractivity contribution in [2.75, 3.05) is 6.61 Å². The second-order valence-corrected chi connectivity index (χ2v) is 7.89. The molecule has 148 valence electrons. The molecule has 1 atom stereocenters. The van der Waals surface area contributed by atoms with Crippen molar-refractivity contribution in [3.8, 4) is 0 Å². The zero-order valence-electron chi connectivity index (χ0n) is 16.8. The Balaban J connectivity index is 1.64. The molecule has 3 rings (SSSR count). The van der Waals surface area contributed by atoms with Gasteiger partial charge in [-0.05, 0) is 49.8 Å². The van der Waals surface area contributed by atoms with Gasteiger partial charge in [-0.15, -0.1) is 0 Å². The lowest BCUT2D eigenvalue weighted by Crippen LogP contribution is -2.26. The van der Waals surface area contributed by atoms with Crippen LogP contribution in [0.1, 0.15) is 63.4 Å². The predicted molar refractivity (Wildman–Crippen MR) is 113 cm³/mol. The van der Waals surface area contributed by atoms with E-state index in [0.717, 1.165) is 12.1 Å². The summed E-state index contributed by atoms with van der Waals surface area (Å²) in [6, 6.07) is 8.51. The Bertz CT molecular complexity index is 770. The fraction of sp³-hybridized carbons (Fsp3) is 0.458. The van der Waals surface area contributed by atoms with Gasteiger partial charge in [-0.3, -0.25) is 0 Å². The summed E-state index contributed by atoms with van der Waals surface area (Å²) < 4.78 is 5.27. The van der Waals surface area contributed by atoms with E-state index in [1.165, 1.54) is 37.7 Å². The van der Waals surface area contributed by atoms with Gasteiger partial charge in [0.05, 0.1) is 12.3 Å². The number of azo groups is 1. The Labute approximate surface area is 168 Å². The van der Waals surface area contributed by atoms with Crippen molar-refractivity contribution in [1.29, 1.82) is 0 Å². The van der Waals surface area contributed by atoms with Crippen molar-refractivity contribution in [1.82, 2.24) is 0 Å². The summed E-state index contributed by atoms with van der Waals surface area (Å²) in [5.74, 6) is 0.334. The summed E-state index contributed by atoms with van der Waals surface area (Å²) in [4.78, 5) is 11.6. The van der Waals surface area contributed by atoms with Crippen LogP contribution in [0.15, 0.2) is 71.0 Å². The molecule has 4 nitrogen and oxygen atoms in total. The number of carbonyl (C=O) groups excluding carboxylic acids is 1. The molecule has 1 aromatic carbocycles. The molecule has 0 spiro atoms. The van der Waals surface area contributed by atoms with Gasteiger partial charge in [-0.2, -0.15) is 10.2 Å². The van der Waals surface area contributed by atoms with Crippen LogP contribution in [0.2, 0.25) is 0 Å². The molecule has 4 heteroatoms. The number of esters is 1. The van der Waals surface area contributed by atoms with Crippen LogP contribution in [0.4, 0.5) is 5.69 Å². The van der Waals surface area contributed by atoms with E-state index in [1.807, 2.05) is 18.2 Å². The summed E-state index contributed by atoms with van der Waals surface area (Å²) in [6.45, 7) is 5.56. The van der Waals surface area contributed by atoms with Crippen LogP contribution in [-0.4, -0.2) is 18.1 Å². The average molecular weight is 379 g/mol. The minimum atomic E-state index is -0.466. The predicted octanol–water partition coefficient (Wildman–Crippen LogP) is 6.58. The number of allylic oxidation sites excluding steroid dienone is 2. The van der Waals surface area contributed by atoms with Crippen LogP contribution >= 0.6 is 0 Å². The van der Waals surface area contributed by atoms with Crippen LogP contribution in [0.3, 0.4) is 0 Å². The minimum absolute atomic E-state index is 0.295. The lowest BCUT2D eigenvalue weighted by atomic mass is 9.84. The maximum Gasteiger partial charge on any atom is 0.333 e. The highest BCUT2D eigenvalue weighted by Crippen LogP contribution is 2.34. The largest absolute Gasteiger partial charge is 0.462 e. The number of nitrogens with zero attached hydrogens (tertiary/aromatic N) is 2. The number of hydrogen-bond acceptors (Lipinski definition) is 4. The van der Waals surface area contributed by atoms with Crippen molar-refractivity contribution in [2.24, 2.45) is 10.2 Å². The molecule has 0 saturated heterocycles. The molecule has 1 fully saturated rings. The van der Waals surface area contributed by atoms with E-state index >= 15 is 0 Å². The number of carbonyl (C=O) groups is 1. The van der Waals surface area contributed by atoms with Crippen LogP contribution in [0, 0.1) is 0 Å². The summed E-state index contributed by atoms with van der Waals surface area (Å²) in [6.07, 6.45) is 16.1. The SMILES string of the molecule is C=C(C)C(=O)OCCC1(N=Nc2ccc(C3CCCCC3)cc2)C=CC=CC1. The third-order valence-corrected chi connectivity index (χ3v) is 5.58. The van der Waals surface area contributed by atoms with Crippen molar-refractivity contribution in [3.63, 3.8) is 0 Å². The number of rotatable bonds is 7. The van der Waals surface area contributed by atoms with E-state index in [-0.39, 0.29) is 5.97 Å². The maximum absolute atomic E-state index is 11.6. The number of benzene rings is 1. The molecule has 2 aliphatic carbocycles. The smallest absolute Gasteiger partial charge is 0.333 e. The van der Waals surface area contributed by atoms with Gasteiger partial charge in [0, 0.05) is 12.0 Å². The number of hydrogen-bond donors (Lipinski definition) is 0. The molecule has 0 N–H and O–H groups in total. The summed E-state index contributed by atoms with van der Waals surface area (Å²) in [7, 11) is 0. The topological polar surface area (TPSA) is 51.0 Å². The van der Waals surface area contributed by atoms with Crippen LogP contribution in [0.25, 0.3) is 0 Å². The van der Waals surface area contributed by atoms with Gasteiger partial charge >= 0.3 is 5.97 Å². The number of ether oxygens (including phenoxy) is 1. The highest BCUT2D eigenvalue weighted by atomic mass is 16.5. The lowest BCUT2D eigenvalue weighted by molar-refractivity contribution is -0.139. The van der Waals surface area contributed by atoms with Gasteiger partial charge in [-0.25, -0.2) is 4.79 Å². The molecule has 1 unspecified atom stereocenters. The fourth-order valence-electron chi connectivity index (χ4n) is 3.81. The fourth-order valence-corrected chi connectivity index (χ4v) is 3.81. The highest BCUT2D eigenvalue weighted by molar-refractivity contribution is 5.86. The zero-order valence-corrected chi connectivity index (χ0v) is 16.8. The molecular formula is C24H30N2O2. The Kier molecular flexibility index (Phi) is 6.96. The van der Waals surface area contributed by atoms with Crippen molar-refractivity contribution in [2.45, 2.75) is 63.3 Å². The molecule has 0 aliphatic heterocycles. The van der Waals surface area contributed by atoms with Gasteiger partial charge in [-0.1, -0.05) is 62.3 Å². The molecule has 0 amide bonds. The van der Waals surface area contributed by atoms with E-state index in [9.17, 15) is 4.79 Å². The van der Waals surface area contributed by atoms with E-state index < -0.39 is 5.54 Å². The van der Waals surface area contributed by atoms with Crippen LogP contribution < -0.4 is 0 Å². The minimum Gasteiger partial charge on any atom is -0.462 e. The Morgan fingerprint density at radius 3 is 2.57 bits per heavy atom. The highest BCUT2D eigenvalue weighted by Gasteiger charge is 2.27. The molecule has 0 aromatic heterocycles. The molecule has 0 bridgehead atoms. The third-order valence-electron chi connectivity index (χ3n) is 5.58. The van der Waals surface area contributed by atoms with Gasteiger partial charge in [0.2, 0.25) is 0 Å². The van der Waals surface area contributed by atoms with Crippen LogP contribution in [0.5, 0.6) is 0 Å². The Hall–Kier alpha value is -2.49. The normalized spacial score (nSPS) is 22.5. The summed E-state index contributed by atoms with van der Waals surface area (Å²) in [5, 5.41) is 9.15. The second-order valence-electron chi connectivity index (χ2n) is 7.89. The lowest BCUT2D eigenvalue weighted by Gasteiger charge is -2.25. The second kappa shape index (κ2) is 9.63. The molecule has 28 heavy (non-hydrogen) atoms. The van der Waals surface area contributed by atoms with E-state index in [0.29, 0.717) is 24.5 Å². The maximum atomic E-state index is 11.6. The molecule has 0 heterocycles. The Morgan fingerprint density at radius 2 is 1.93 bits per heavy atom. The standard InChI is InChI=1S/C24H30N2O2/c1-19(2)23(27)28-18-17-24(15-7-4-8-16-24)26-25-22-13-11-21(12-14-22)20-9-5-3-6-10-20/h4,7-8,11-15,20H,1,3,5-6,9-10,16-18H2,2H3. The Morgan fingerprint density at radius 1 is 1.18 bits per heavy atom. The van der Waals surface area contributed by atoms with Gasteiger partial charge in [0.15, 0.2) is 0 Å². The molecule has 1 saturated carbocycles. The van der Waals surface area contributed by atoms with Gasteiger partial charge < -0.3 is 4.74 Å². The summed E-state index contributed by atoms with van der Waals surface area (Å²) >= 11 is 0. The van der Waals surface area contributed by atoms with E-state index in [2.05, 4.69) is 47.1 Å². The molecular weight excluding hydrogens is 348 g/mol. The van der Waals surface area contributed by atoms with Crippen molar-refractivity contribution in [3.05, 3.63) is 66.3 Å². The van der Waals surface area contributed by atoms with Crippen molar-refractivity contribution < 1.29 is 9.53 Å². The van der Waals surface area contributed by atoms with Gasteiger partial charge in [0.25, 0.3) is 0 Å². The third kappa shape index (κ3) is 5.51. The molecule has 1 aromatic rings. The first-order valence-electron chi connectivity index (χ1n) is 10.3. The molecule has 2 aliphatic rings.